The summed E-state index contributed by atoms with van der Waals surface area (Å²) in [6, 6.07) is 0. The van der Waals surface area contributed by atoms with Gasteiger partial charge in [-0.05, 0) is 62.7 Å². The van der Waals surface area contributed by atoms with Crippen molar-refractivity contribution in [2.45, 2.75) is 69.7 Å². The highest BCUT2D eigenvalue weighted by Crippen LogP contribution is 2.51. The molecule has 0 spiro atoms. The normalized spacial score (nSPS) is 53.5. The Bertz CT molecular complexity index is 303. The molecule has 0 aromatic carbocycles. The smallest absolute Gasteiger partial charge is 0.0633 e. The van der Waals surface area contributed by atoms with Crippen LogP contribution in [-0.4, -0.2) is 23.4 Å². The monoisotopic (exact) mass is 236 g/mol. The zero-order valence-corrected chi connectivity index (χ0v) is 10.6. The standard InChI is InChI=1S/C15H24O2/c16-14(13-8-12-3-4-15(13)17-12)7-11-6-9-1-2-10(11)5-9/h9-16H,1-8H2. The van der Waals surface area contributed by atoms with Gasteiger partial charge in [-0.1, -0.05) is 6.42 Å². The largest absolute Gasteiger partial charge is 0.393 e. The van der Waals surface area contributed by atoms with Crippen molar-refractivity contribution in [2.75, 3.05) is 0 Å². The fourth-order valence-corrected chi connectivity index (χ4v) is 5.23. The first-order valence-corrected chi connectivity index (χ1v) is 7.63. The molecule has 1 N–H and O–H groups in total. The van der Waals surface area contributed by atoms with E-state index in [4.69, 9.17) is 4.74 Å². The summed E-state index contributed by atoms with van der Waals surface area (Å²) in [6.07, 6.45) is 11.2. The third-order valence-electron chi connectivity index (χ3n) is 6.08. The van der Waals surface area contributed by atoms with Gasteiger partial charge in [0.15, 0.2) is 0 Å². The minimum absolute atomic E-state index is 0.0744. The molecule has 0 amide bonds. The van der Waals surface area contributed by atoms with Crippen molar-refractivity contribution in [3.63, 3.8) is 0 Å². The average Bonchev–Trinajstić information content (AvgIpc) is 3.08. The number of rotatable bonds is 3. The van der Waals surface area contributed by atoms with Crippen LogP contribution in [0.2, 0.25) is 0 Å². The predicted molar refractivity (Wildman–Crippen MR) is 65.6 cm³/mol. The lowest BCUT2D eigenvalue weighted by Gasteiger charge is -2.29. The number of ether oxygens (including phenoxy) is 1. The van der Waals surface area contributed by atoms with Gasteiger partial charge >= 0.3 is 0 Å². The maximum absolute atomic E-state index is 10.5. The second-order valence-electron chi connectivity index (χ2n) is 7.01. The molecule has 17 heavy (non-hydrogen) atoms. The zero-order valence-electron chi connectivity index (χ0n) is 10.6. The lowest BCUT2D eigenvalue weighted by molar-refractivity contribution is 0.0254. The molecule has 2 nitrogen and oxygen atoms in total. The van der Waals surface area contributed by atoms with Crippen molar-refractivity contribution in [1.29, 1.82) is 0 Å². The maximum Gasteiger partial charge on any atom is 0.0633 e. The van der Waals surface area contributed by atoms with Crippen molar-refractivity contribution in [3.8, 4) is 0 Å². The molecule has 96 valence electrons. The average molecular weight is 236 g/mol. The number of aliphatic hydroxyl groups is 1. The van der Waals surface area contributed by atoms with Crippen molar-refractivity contribution in [1.82, 2.24) is 0 Å². The third-order valence-corrected chi connectivity index (χ3v) is 6.08. The lowest BCUT2D eigenvalue weighted by atomic mass is 9.78. The van der Waals surface area contributed by atoms with Crippen LogP contribution < -0.4 is 0 Å². The number of hydrogen-bond donors (Lipinski definition) is 1. The van der Waals surface area contributed by atoms with Crippen molar-refractivity contribution in [3.05, 3.63) is 0 Å². The molecular formula is C15H24O2. The van der Waals surface area contributed by atoms with Gasteiger partial charge in [0.2, 0.25) is 0 Å². The summed E-state index contributed by atoms with van der Waals surface area (Å²) in [4.78, 5) is 0. The van der Waals surface area contributed by atoms with Gasteiger partial charge in [-0.25, -0.2) is 0 Å². The molecule has 4 fully saturated rings. The van der Waals surface area contributed by atoms with Crippen LogP contribution in [-0.2, 0) is 4.74 Å². The fourth-order valence-electron chi connectivity index (χ4n) is 5.23. The van der Waals surface area contributed by atoms with E-state index in [2.05, 4.69) is 0 Å². The summed E-state index contributed by atoms with van der Waals surface area (Å²) in [6.45, 7) is 0. The maximum atomic E-state index is 10.5. The Morgan fingerprint density at radius 2 is 2.00 bits per heavy atom. The quantitative estimate of drug-likeness (QED) is 0.816. The molecule has 7 unspecified atom stereocenters. The van der Waals surface area contributed by atoms with E-state index in [0.29, 0.717) is 18.1 Å². The second kappa shape index (κ2) is 3.96. The first-order chi connectivity index (χ1) is 8.29. The fraction of sp³-hybridized carbons (Fsp3) is 1.00. The van der Waals surface area contributed by atoms with Crippen LogP contribution in [0.15, 0.2) is 0 Å². The minimum atomic E-state index is -0.0744. The third kappa shape index (κ3) is 1.76. The molecule has 2 heterocycles. The van der Waals surface area contributed by atoms with Crippen LogP contribution in [0.3, 0.4) is 0 Å². The van der Waals surface area contributed by atoms with Crippen LogP contribution >= 0.6 is 0 Å². The predicted octanol–water partition coefficient (Wildman–Crippen LogP) is 2.74. The summed E-state index contributed by atoms with van der Waals surface area (Å²) < 4.78 is 5.87. The highest BCUT2D eigenvalue weighted by Gasteiger charge is 2.46. The number of fused-ring (bicyclic) bond motifs is 4. The van der Waals surface area contributed by atoms with E-state index in [-0.39, 0.29) is 6.10 Å². The Balaban J connectivity index is 1.36. The van der Waals surface area contributed by atoms with Gasteiger partial charge in [0.1, 0.15) is 0 Å². The van der Waals surface area contributed by atoms with Gasteiger partial charge in [0, 0.05) is 5.92 Å². The molecule has 4 aliphatic rings. The molecule has 7 atom stereocenters. The highest BCUT2D eigenvalue weighted by molar-refractivity contribution is 4.96. The van der Waals surface area contributed by atoms with Crippen LogP contribution in [0, 0.1) is 23.7 Å². The molecule has 2 saturated carbocycles. The molecular weight excluding hydrogens is 212 g/mol. The number of hydrogen-bond acceptors (Lipinski definition) is 2. The molecule has 2 heteroatoms. The molecule has 2 aliphatic heterocycles. The summed E-state index contributed by atoms with van der Waals surface area (Å²) >= 11 is 0. The molecule has 0 aromatic heterocycles. The first kappa shape index (κ1) is 10.8. The second-order valence-corrected chi connectivity index (χ2v) is 7.01. The first-order valence-electron chi connectivity index (χ1n) is 7.63. The van der Waals surface area contributed by atoms with Gasteiger partial charge in [-0.2, -0.15) is 0 Å². The summed E-state index contributed by atoms with van der Waals surface area (Å²) in [5.41, 5.74) is 0. The van der Waals surface area contributed by atoms with Gasteiger partial charge < -0.3 is 9.84 Å². The molecule has 2 saturated heterocycles. The van der Waals surface area contributed by atoms with Crippen molar-refractivity contribution in [2.24, 2.45) is 23.7 Å². The van der Waals surface area contributed by atoms with Crippen LogP contribution in [0.25, 0.3) is 0 Å². The molecule has 0 aromatic rings. The van der Waals surface area contributed by atoms with Crippen molar-refractivity contribution < 1.29 is 9.84 Å². The van der Waals surface area contributed by atoms with Crippen molar-refractivity contribution >= 4 is 0 Å². The van der Waals surface area contributed by atoms with E-state index in [1.807, 2.05) is 0 Å². The Labute approximate surface area is 104 Å². The van der Waals surface area contributed by atoms with E-state index in [0.717, 1.165) is 30.6 Å². The van der Waals surface area contributed by atoms with Crippen LogP contribution in [0.1, 0.15) is 51.4 Å². The Morgan fingerprint density at radius 3 is 2.59 bits per heavy atom. The van der Waals surface area contributed by atoms with Gasteiger partial charge in [0.05, 0.1) is 18.3 Å². The van der Waals surface area contributed by atoms with E-state index in [1.54, 1.807) is 0 Å². The topological polar surface area (TPSA) is 29.5 Å². The van der Waals surface area contributed by atoms with Gasteiger partial charge in [0.25, 0.3) is 0 Å². The molecule has 2 aliphatic carbocycles. The summed E-state index contributed by atoms with van der Waals surface area (Å²) in [7, 11) is 0. The molecule has 4 bridgehead atoms. The van der Waals surface area contributed by atoms with E-state index in [9.17, 15) is 5.11 Å². The Morgan fingerprint density at radius 1 is 1.06 bits per heavy atom. The Kier molecular flexibility index (Phi) is 2.52. The molecule has 0 radical (unpaired) electrons. The van der Waals surface area contributed by atoms with Gasteiger partial charge in [-0.3, -0.25) is 0 Å². The lowest BCUT2D eigenvalue weighted by Crippen LogP contribution is -2.32. The molecule has 4 rings (SSSR count). The van der Waals surface area contributed by atoms with Gasteiger partial charge in [-0.15, -0.1) is 0 Å². The van der Waals surface area contributed by atoms with E-state index in [1.165, 1.54) is 38.5 Å². The zero-order chi connectivity index (χ0) is 11.4. The van der Waals surface area contributed by atoms with E-state index >= 15 is 0 Å². The van der Waals surface area contributed by atoms with Crippen LogP contribution in [0.5, 0.6) is 0 Å². The summed E-state index contributed by atoms with van der Waals surface area (Å²) in [5.74, 6) is 3.26. The summed E-state index contributed by atoms with van der Waals surface area (Å²) in [5, 5.41) is 10.5. The highest BCUT2D eigenvalue weighted by atomic mass is 16.5. The number of aliphatic hydroxyl groups excluding tert-OH is 1. The van der Waals surface area contributed by atoms with E-state index < -0.39 is 0 Å². The Hall–Kier alpha value is -0.0800. The minimum Gasteiger partial charge on any atom is -0.393 e. The SMILES string of the molecule is OC(CC1CC2CCC1C2)C1CC2CCC1O2. The van der Waals surface area contributed by atoms with Crippen LogP contribution in [0.4, 0.5) is 0 Å².